The van der Waals surface area contributed by atoms with E-state index in [1.807, 2.05) is 6.08 Å². The van der Waals surface area contributed by atoms with Crippen molar-refractivity contribution in [1.82, 2.24) is 0 Å². The Morgan fingerprint density at radius 1 is 1.24 bits per heavy atom. The fourth-order valence-corrected chi connectivity index (χ4v) is 5.46. The van der Waals surface area contributed by atoms with Crippen LogP contribution < -0.4 is 9.47 Å². The number of hydrogen-bond acceptors (Lipinski definition) is 2. The molecule has 0 saturated carbocycles. The van der Waals surface area contributed by atoms with Gasteiger partial charge in [0.25, 0.3) is 0 Å². The first-order valence-corrected chi connectivity index (χ1v) is 13.0. The van der Waals surface area contributed by atoms with E-state index in [0.29, 0.717) is 6.10 Å². The summed E-state index contributed by atoms with van der Waals surface area (Å²) in [5, 5.41) is 2.49. The van der Waals surface area contributed by atoms with Gasteiger partial charge in [0.2, 0.25) is 0 Å². The fraction of sp³-hybridized carbons (Fsp3) is 0.455. The molecule has 134 valence electrons. The number of fused-ring (bicyclic) bond motifs is 3. The Morgan fingerprint density at radius 2 is 2.04 bits per heavy atom. The van der Waals surface area contributed by atoms with Crippen molar-refractivity contribution >= 4 is 18.8 Å². The van der Waals surface area contributed by atoms with Gasteiger partial charge in [-0.3, -0.25) is 0 Å². The summed E-state index contributed by atoms with van der Waals surface area (Å²) in [5.74, 6) is 1.98. The van der Waals surface area contributed by atoms with E-state index in [9.17, 15) is 0 Å². The lowest BCUT2D eigenvalue weighted by Gasteiger charge is -2.31. The van der Waals surface area contributed by atoms with Crippen LogP contribution in [-0.4, -0.2) is 21.3 Å². The van der Waals surface area contributed by atoms with Gasteiger partial charge in [0.15, 0.2) is 0 Å². The lowest BCUT2D eigenvalue weighted by Crippen LogP contribution is -2.32. The van der Waals surface area contributed by atoms with Crippen LogP contribution in [0.15, 0.2) is 36.9 Å². The Balaban J connectivity index is 2.06. The van der Waals surface area contributed by atoms with Gasteiger partial charge in [0.05, 0.1) is 13.2 Å². The van der Waals surface area contributed by atoms with E-state index in [2.05, 4.69) is 50.5 Å². The summed E-state index contributed by atoms with van der Waals surface area (Å²) in [6.07, 6.45) is 6.62. The van der Waals surface area contributed by atoms with Crippen LogP contribution >= 0.6 is 0 Å². The van der Waals surface area contributed by atoms with Crippen molar-refractivity contribution in [3.8, 4) is 11.5 Å². The molecule has 0 fully saturated rings. The molecular formula is C22H30O2Si. The smallest absolute Gasteiger partial charge is 0.130 e. The minimum Gasteiger partial charge on any atom is -0.497 e. The topological polar surface area (TPSA) is 18.5 Å². The highest BCUT2D eigenvalue weighted by Gasteiger charge is 2.27. The maximum Gasteiger partial charge on any atom is 0.130 e. The summed E-state index contributed by atoms with van der Waals surface area (Å²) in [6.45, 7) is 11.1. The molecule has 3 rings (SSSR count). The van der Waals surface area contributed by atoms with Gasteiger partial charge < -0.3 is 9.47 Å². The molecule has 2 aromatic carbocycles. The van der Waals surface area contributed by atoms with Crippen molar-refractivity contribution in [3.05, 3.63) is 48.0 Å². The van der Waals surface area contributed by atoms with Gasteiger partial charge in [-0.15, -0.1) is 6.58 Å². The Morgan fingerprint density at radius 3 is 2.72 bits per heavy atom. The van der Waals surface area contributed by atoms with Crippen LogP contribution in [-0.2, 0) is 12.8 Å². The van der Waals surface area contributed by atoms with E-state index in [4.69, 9.17) is 9.47 Å². The summed E-state index contributed by atoms with van der Waals surface area (Å²) >= 11 is 0. The summed E-state index contributed by atoms with van der Waals surface area (Å²) in [4.78, 5) is 0. The lowest BCUT2D eigenvalue weighted by atomic mass is 9.92. The van der Waals surface area contributed by atoms with Crippen LogP contribution in [0.2, 0.25) is 25.7 Å². The average molecular weight is 355 g/mol. The van der Waals surface area contributed by atoms with Crippen LogP contribution in [0, 0.1) is 0 Å². The number of rotatable bonds is 6. The van der Waals surface area contributed by atoms with E-state index < -0.39 is 8.07 Å². The molecule has 25 heavy (non-hydrogen) atoms. The Kier molecular flexibility index (Phi) is 5.23. The van der Waals surface area contributed by atoms with Gasteiger partial charge in [-0.05, 0) is 60.4 Å². The van der Waals surface area contributed by atoms with Crippen molar-refractivity contribution in [1.29, 1.82) is 0 Å². The zero-order chi connectivity index (χ0) is 18.0. The second-order valence-corrected chi connectivity index (χ2v) is 13.8. The predicted molar refractivity (Wildman–Crippen MR) is 110 cm³/mol. The van der Waals surface area contributed by atoms with Crippen molar-refractivity contribution < 1.29 is 9.47 Å². The maximum atomic E-state index is 6.54. The molecule has 0 spiro atoms. The molecule has 0 aromatic heterocycles. The molecule has 0 saturated heterocycles. The summed E-state index contributed by atoms with van der Waals surface area (Å²) in [5.41, 5.74) is 2.75. The number of allylic oxidation sites excluding steroid dienone is 1. The summed E-state index contributed by atoms with van der Waals surface area (Å²) in [6, 6.07) is 9.95. The van der Waals surface area contributed by atoms with Crippen LogP contribution in [0.4, 0.5) is 0 Å². The molecule has 1 unspecified atom stereocenters. The SMILES string of the molecule is C=CCCc1cc2c(c3cc(OC)ccc13)OC(C[Si](C)(C)C)CC2. The first-order chi connectivity index (χ1) is 11.9. The summed E-state index contributed by atoms with van der Waals surface area (Å²) < 4.78 is 12.0. The third kappa shape index (κ3) is 4.09. The molecule has 2 nitrogen and oxygen atoms in total. The average Bonchev–Trinajstić information content (AvgIpc) is 2.58. The molecule has 2 aromatic rings. The van der Waals surface area contributed by atoms with E-state index >= 15 is 0 Å². The van der Waals surface area contributed by atoms with Gasteiger partial charge in [0, 0.05) is 13.5 Å². The van der Waals surface area contributed by atoms with Crippen molar-refractivity contribution in [2.45, 2.75) is 57.5 Å². The second kappa shape index (κ2) is 7.25. The van der Waals surface area contributed by atoms with Crippen LogP contribution in [0.25, 0.3) is 10.8 Å². The fourth-order valence-electron chi connectivity index (χ4n) is 3.80. The Labute approximate surface area is 152 Å². The molecule has 0 amide bonds. The number of benzene rings is 2. The highest BCUT2D eigenvalue weighted by atomic mass is 28.3. The van der Waals surface area contributed by atoms with Gasteiger partial charge >= 0.3 is 0 Å². The number of hydrogen-bond donors (Lipinski definition) is 0. The largest absolute Gasteiger partial charge is 0.497 e. The third-order valence-corrected chi connectivity index (χ3v) is 6.62. The second-order valence-electron chi connectivity index (χ2n) is 8.31. The van der Waals surface area contributed by atoms with Crippen LogP contribution in [0.5, 0.6) is 11.5 Å². The van der Waals surface area contributed by atoms with Gasteiger partial charge in [0.1, 0.15) is 11.5 Å². The molecule has 3 heteroatoms. The minimum atomic E-state index is -1.14. The standard InChI is InChI=1S/C22H30O2Si/c1-6-7-8-16-13-17-9-10-19(15-25(3,4)5)24-22(17)21-14-18(23-2)11-12-20(16)21/h6,11-14,19H,1,7-10,15H2,2-5H3. The van der Waals surface area contributed by atoms with Crippen molar-refractivity contribution in [2.24, 2.45) is 0 Å². The number of methoxy groups -OCH3 is 1. The Bertz CT molecular complexity index is 774. The highest BCUT2D eigenvalue weighted by molar-refractivity contribution is 6.76. The van der Waals surface area contributed by atoms with Crippen molar-refractivity contribution in [2.75, 3.05) is 7.11 Å². The third-order valence-electron chi connectivity index (χ3n) is 4.94. The first-order valence-electron chi connectivity index (χ1n) is 9.31. The molecular weight excluding hydrogens is 324 g/mol. The maximum absolute atomic E-state index is 6.54. The van der Waals surface area contributed by atoms with Crippen molar-refractivity contribution in [3.63, 3.8) is 0 Å². The molecule has 1 atom stereocenters. The first kappa shape index (κ1) is 18.1. The normalized spacial score (nSPS) is 17.0. The van der Waals surface area contributed by atoms with E-state index in [1.54, 1.807) is 7.11 Å². The molecule has 1 aliphatic rings. The molecule has 1 aliphatic heterocycles. The molecule has 1 heterocycles. The monoisotopic (exact) mass is 354 g/mol. The van der Waals surface area contributed by atoms with E-state index in [0.717, 1.165) is 37.2 Å². The Hall–Kier alpha value is -1.74. The van der Waals surface area contributed by atoms with Crippen LogP contribution in [0.1, 0.15) is 24.0 Å². The minimum absolute atomic E-state index is 0.354. The molecule has 0 bridgehead atoms. The predicted octanol–water partition coefficient (Wildman–Crippen LogP) is 6.00. The zero-order valence-corrected chi connectivity index (χ0v) is 17.0. The van der Waals surface area contributed by atoms with E-state index in [1.165, 1.54) is 27.9 Å². The summed E-state index contributed by atoms with van der Waals surface area (Å²) in [7, 11) is 0.586. The zero-order valence-electron chi connectivity index (χ0n) is 16.0. The lowest BCUT2D eigenvalue weighted by molar-refractivity contribution is 0.193. The molecule has 0 radical (unpaired) electrons. The quantitative estimate of drug-likeness (QED) is 0.468. The molecule has 0 aliphatic carbocycles. The van der Waals surface area contributed by atoms with E-state index in [-0.39, 0.29) is 0 Å². The van der Waals surface area contributed by atoms with Gasteiger partial charge in [-0.25, -0.2) is 0 Å². The number of aryl methyl sites for hydroxylation is 2. The number of ether oxygens (including phenoxy) is 2. The highest BCUT2D eigenvalue weighted by Crippen LogP contribution is 2.40. The van der Waals surface area contributed by atoms with Gasteiger partial charge in [-0.1, -0.05) is 37.8 Å². The van der Waals surface area contributed by atoms with Gasteiger partial charge in [-0.2, -0.15) is 0 Å². The van der Waals surface area contributed by atoms with Crippen LogP contribution in [0.3, 0.4) is 0 Å². The molecule has 0 N–H and O–H groups in total.